The number of benzene rings is 1. The van der Waals surface area contributed by atoms with Crippen LogP contribution in [0, 0.1) is 5.92 Å². The molecule has 21 heavy (non-hydrogen) atoms. The van der Waals surface area contributed by atoms with Crippen molar-refractivity contribution in [2.45, 2.75) is 40.2 Å². The molecule has 0 aliphatic heterocycles. The van der Waals surface area contributed by atoms with Crippen molar-refractivity contribution in [2.24, 2.45) is 10.9 Å². The molecule has 3 N–H and O–H groups in total. The third kappa shape index (κ3) is 7.59. The number of nitrogens with zero attached hydrogens (tertiary/aromatic N) is 1. The largest absolute Gasteiger partial charge is 0.385 e. The Labute approximate surface area is 129 Å². The van der Waals surface area contributed by atoms with Gasteiger partial charge in [0.1, 0.15) is 0 Å². The van der Waals surface area contributed by atoms with E-state index in [0.29, 0.717) is 12.0 Å². The van der Waals surface area contributed by atoms with Crippen LogP contribution in [-0.2, 0) is 0 Å². The van der Waals surface area contributed by atoms with Crippen LogP contribution in [0.25, 0.3) is 0 Å². The maximum Gasteiger partial charge on any atom is 0.191 e. The highest BCUT2D eigenvalue weighted by molar-refractivity contribution is 5.80. The summed E-state index contributed by atoms with van der Waals surface area (Å²) < 4.78 is 0. The smallest absolute Gasteiger partial charge is 0.191 e. The molecule has 0 bridgehead atoms. The molecule has 1 aromatic carbocycles. The van der Waals surface area contributed by atoms with E-state index in [4.69, 9.17) is 0 Å². The molecule has 1 rings (SSSR count). The van der Waals surface area contributed by atoms with Gasteiger partial charge in [0, 0.05) is 31.4 Å². The van der Waals surface area contributed by atoms with Crippen molar-refractivity contribution in [1.82, 2.24) is 10.6 Å². The third-order valence-corrected chi connectivity index (χ3v) is 3.42. The Balaban J connectivity index is 2.30. The number of anilines is 1. The molecule has 0 aliphatic rings. The van der Waals surface area contributed by atoms with E-state index in [1.807, 2.05) is 18.2 Å². The maximum atomic E-state index is 4.62. The summed E-state index contributed by atoms with van der Waals surface area (Å²) in [6, 6.07) is 10.7. The lowest BCUT2D eigenvalue weighted by atomic mass is 10.1. The normalized spacial score (nSPS) is 13.1. The van der Waals surface area contributed by atoms with Crippen LogP contribution in [0.3, 0.4) is 0 Å². The van der Waals surface area contributed by atoms with Crippen LogP contribution in [0.4, 0.5) is 5.69 Å². The zero-order valence-electron chi connectivity index (χ0n) is 13.8. The fourth-order valence-corrected chi connectivity index (χ4v) is 1.76. The lowest BCUT2D eigenvalue weighted by Gasteiger charge is -2.20. The molecule has 1 aromatic rings. The average molecular weight is 290 g/mol. The molecule has 118 valence electrons. The van der Waals surface area contributed by atoms with E-state index in [2.05, 4.69) is 60.8 Å². The minimum Gasteiger partial charge on any atom is -0.385 e. The van der Waals surface area contributed by atoms with Gasteiger partial charge in [-0.25, -0.2) is 0 Å². The number of para-hydroxylation sites is 1. The molecule has 1 unspecified atom stereocenters. The highest BCUT2D eigenvalue weighted by atomic mass is 15.2. The number of hydrogen-bond acceptors (Lipinski definition) is 2. The lowest BCUT2D eigenvalue weighted by Crippen LogP contribution is -2.44. The second kappa shape index (κ2) is 10.1. The molecule has 0 fully saturated rings. The molecular weight excluding hydrogens is 260 g/mol. The predicted octanol–water partition coefficient (Wildman–Crippen LogP) is 3.09. The molecule has 0 saturated heterocycles. The molecule has 4 nitrogen and oxygen atoms in total. The number of hydrogen-bond donors (Lipinski definition) is 3. The van der Waals surface area contributed by atoms with Gasteiger partial charge in [-0.2, -0.15) is 0 Å². The zero-order chi connectivity index (χ0) is 15.5. The average Bonchev–Trinajstić information content (AvgIpc) is 2.48. The van der Waals surface area contributed by atoms with Gasteiger partial charge in [0.2, 0.25) is 0 Å². The fourth-order valence-electron chi connectivity index (χ4n) is 1.76. The van der Waals surface area contributed by atoms with Crippen molar-refractivity contribution in [1.29, 1.82) is 0 Å². The van der Waals surface area contributed by atoms with Crippen LogP contribution in [0.5, 0.6) is 0 Å². The summed E-state index contributed by atoms with van der Waals surface area (Å²) in [4.78, 5) is 4.62. The van der Waals surface area contributed by atoms with E-state index in [0.717, 1.165) is 32.0 Å². The van der Waals surface area contributed by atoms with E-state index in [-0.39, 0.29) is 0 Å². The van der Waals surface area contributed by atoms with Crippen molar-refractivity contribution in [3.05, 3.63) is 30.3 Å². The van der Waals surface area contributed by atoms with E-state index in [1.165, 1.54) is 5.69 Å². The minimum atomic E-state index is 0.422. The van der Waals surface area contributed by atoms with Crippen molar-refractivity contribution in [3.63, 3.8) is 0 Å². The van der Waals surface area contributed by atoms with Crippen LogP contribution >= 0.6 is 0 Å². The van der Waals surface area contributed by atoms with Crippen LogP contribution < -0.4 is 16.0 Å². The van der Waals surface area contributed by atoms with Gasteiger partial charge >= 0.3 is 0 Å². The Hall–Kier alpha value is -1.71. The number of nitrogens with one attached hydrogen (secondary N) is 3. The van der Waals surface area contributed by atoms with Gasteiger partial charge in [-0.05, 0) is 38.3 Å². The molecule has 0 aliphatic carbocycles. The van der Waals surface area contributed by atoms with Crippen molar-refractivity contribution < 1.29 is 0 Å². The van der Waals surface area contributed by atoms with Gasteiger partial charge in [0.15, 0.2) is 5.96 Å². The van der Waals surface area contributed by atoms with Gasteiger partial charge in [0.05, 0.1) is 0 Å². The van der Waals surface area contributed by atoms with Gasteiger partial charge in [-0.1, -0.05) is 32.0 Å². The fraction of sp³-hybridized carbons (Fsp3) is 0.588. The zero-order valence-corrected chi connectivity index (χ0v) is 13.8. The van der Waals surface area contributed by atoms with Crippen molar-refractivity contribution in [2.75, 3.05) is 25.0 Å². The maximum absolute atomic E-state index is 4.62. The first-order valence-corrected chi connectivity index (χ1v) is 7.97. The summed E-state index contributed by atoms with van der Waals surface area (Å²) in [6.07, 6.45) is 1.02. The Kier molecular flexibility index (Phi) is 8.32. The first-order chi connectivity index (χ1) is 10.1. The molecule has 1 atom stereocenters. The molecule has 0 aromatic heterocycles. The van der Waals surface area contributed by atoms with E-state index in [1.54, 1.807) is 0 Å². The highest BCUT2D eigenvalue weighted by Crippen LogP contribution is 2.04. The topological polar surface area (TPSA) is 48.5 Å². The van der Waals surface area contributed by atoms with E-state index >= 15 is 0 Å². The highest BCUT2D eigenvalue weighted by Gasteiger charge is 2.08. The summed E-state index contributed by atoms with van der Waals surface area (Å²) in [6.45, 7) is 11.4. The number of aliphatic imine (C=N–C) groups is 1. The predicted molar refractivity (Wildman–Crippen MR) is 93.0 cm³/mol. The van der Waals surface area contributed by atoms with Crippen molar-refractivity contribution in [3.8, 4) is 0 Å². The SMILES string of the molecule is CCNC(=NCCCNc1ccccc1)NC(C)C(C)C. The summed E-state index contributed by atoms with van der Waals surface area (Å²) >= 11 is 0. The van der Waals surface area contributed by atoms with E-state index in [9.17, 15) is 0 Å². The molecule has 0 amide bonds. The first-order valence-electron chi connectivity index (χ1n) is 7.97. The van der Waals surface area contributed by atoms with Crippen LogP contribution in [0.15, 0.2) is 35.3 Å². The monoisotopic (exact) mass is 290 g/mol. The standard InChI is InChI=1S/C17H30N4/c1-5-18-17(21-15(4)14(2)3)20-13-9-12-19-16-10-7-6-8-11-16/h6-8,10-11,14-15,19H,5,9,12-13H2,1-4H3,(H2,18,20,21). The van der Waals surface area contributed by atoms with Crippen LogP contribution in [0.2, 0.25) is 0 Å². The molecule has 0 saturated carbocycles. The second-order valence-corrected chi connectivity index (χ2v) is 5.58. The lowest BCUT2D eigenvalue weighted by molar-refractivity contribution is 0.481. The molecule has 0 spiro atoms. The molecular formula is C17H30N4. The summed E-state index contributed by atoms with van der Waals surface area (Å²) in [7, 11) is 0. The summed E-state index contributed by atoms with van der Waals surface area (Å²) in [5.74, 6) is 1.51. The van der Waals surface area contributed by atoms with Crippen molar-refractivity contribution >= 4 is 11.6 Å². The molecule has 0 heterocycles. The van der Waals surface area contributed by atoms with Gasteiger partial charge < -0.3 is 16.0 Å². The Morgan fingerprint density at radius 1 is 1.14 bits per heavy atom. The van der Waals surface area contributed by atoms with Gasteiger partial charge in [-0.3, -0.25) is 4.99 Å². The van der Waals surface area contributed by atoms with Gasteiger partial charge in [-0.15, -0.1) is 0 Å². The Bertz CT molecular complexity index is 401. The molecule has 4 heteroatoms. The quantitative estimate of drug-likeness (QED) is 0.392. The van der Waals surface area contributed by atoms with Gasteiger partial charge in [0.25, 0.3) is 0 Å². The Morgan fingerprint density at radius 3 is 2.48 bits per heavy atom. The summed E-state index contributed by atoms with van der Waals surface area (Å²) in [5, 5.41) is 10.1. The summed E-state index contributed by atoms with van der Waals surface area (Å²) in [5.41, 5.74) is 1.17. The van der Waals surface area contributed by atoms with Crippen LogP contribution in [0.1, 0.15) is 34.1 Å². The van der Waals surface area contributed by atoms with Crippen LogP contribution in [-0.4, -0.2) is 31.6 Å². The second-order valence-electron chi connectivity index (χ2n) is 5.58. The third-order valence-electron chi connectivity index (χ3n) is 3.42. The first kappa shape index (κ1) is 17.3. The minimum absolute atomic E-state index is 0.422. The number of guanidine groups is 1. The number of rotatable bonds is 8. The molecule has 0 radical (unpaired) electrons. The van der Waals surface area contributed by atoms with E-state index < -0.39 is 0 Å². The Morgan fingerprint density at radius 2 is 1.86 bits per heavy atom.